The maximum atomic E-state index is 11.3. The first-order valence-electron chi connectivity index (χ1n) is 9.63. The van der Waals surface area contributed by atoms with Crippen LogP contribution in [0.1, 0.15) is 23.6 Å². The quantitative estimate of drug-likeness (QED) is 0.633. The molecule has 0 bridgehead atoms. The number of hydrogen-bond donors (Lipinski definition) is 1. The Morgan fingerprint density at radius 1 is 0.821 bits per heavy atom. The third-order valence-electron chi connectivity index (χ3n) is 5.70. The smallest absolute Gasteiger partial charge is 0.135 e. The van der Waals surface area contributed by atoms with Gasteiger partial charge in [0.15, 0.2) is 0 Å². The van der Waals surface area contributed by atoms with Crippen molar-refractivity contribution >= 4 is 0 Å². The van der Waals surface area contributed by atoms with E-state index in [1.54, 1.807) is 6.08 Å². The molecule has 2 nitrogen and oxygen atoms in total. The lowest BCUT2D eigenvalue weighted by molar-refractivity contribution is 0.00402. The zero-order valence-corrected chi connectivity index (χ0v) is 16.1. The molecule has 4 rings (SSSR count). The lowest BCUT2D eigenvalue weighted by Crippen LogP contribution is -2.51. The van der Waals surface area contributed by atoms with Crippen molar-refractivity contribution in [1.29, 1.82) is 0 Å². The summed E-state index contributed by atoms with van der Waals surface area (Å²) in [4.78, 5) is 2.18. The van der Waals surface area contributed by atoms with Crippen LogP contribution in [0.2, 0.25) is 0 Å². The average Bonchev–Trinajstić information content (AvgIpc) is 3.04. The summed E-state index contributed by atoms with van der Waals surface area (Å²) in [5.74, 6) is 0. The number of hydrogen-bond acceptors (Lipinski definition) is 2. The summed E-state index contributed by atoms with van der Waals surface area (Å²) in [6.45, 7) is 6.68. The minimum absolute atomic E-state index is 0.616. The number of aliphatic hydroxyl groups excluding tert-OH is 1. The average molecular weight is 367 g/mol. The van der Waals surface area contributed by atoms with Crippen LogP contribution < -0.4 is 0 Å². The molecule has 3 aromatic rings. The molecule has 1 aliphatic heterocycles. The van der Waals surface area contributed by atoms with Crippen molar-refractivity contribution in [2.75, 3.05) is 6.54 Å². The van der Waals surface area contributed by atoms with E-state index in [-0.39, 0.29) is 0 Å². The van der Waals surface area contributed by atoms with E-state index in [1.165, 1.54) is 0 Å². The molecule has 0 aromatic heterocycles. The van der Waals surface area contributed by atoms with Crippen LogP contribution in [0, 0.1) is 0 Å². The highest BCUT2D eigenvalue weighted by molar-refractivity contribution is 5.51. The van der Waals surface area contributed by atoms with Crippen LogP contribution in [0.4, 0.5) is 0 Å². The highest BCUT2D eigenvalue weighted by Crippen LogP contribution is 2.46. The van der Waals surface area contributed by atoms with Gasteiger partial charge >= 0.3 is 0 Å². The molecule has 1 heterocycles. The highest BCUT2D eigenvalue weighted by Gasteiger charge is 2.47. The van der Waals surface area contributed by atoms with Crippen LogP contribution >= 0.6 is 0 Å². The summed E-state index contributed by atoms with van der Waals surface area (Å²) in [6.07, 6.45) is 1.06. The molecule has 0 saturated carbocycles. The van der Waals surface area contributed by atoms with Crippen molar-refractivity contribution in [3.05, 3.63) is 131 Å². The van der Waals surface area contributed by atoms with Gasteiger partial charge in [0.05, 0.1) is 5.54 Å². The molecule has 1 aliphatic rings. The first-order valence-corrected chi connectivity index (χ1v) is 9.63. The molecule has 28 heavy (non-hydrogen) atoms. The fourth-order valence-corrected chi connectivity index (χ4v) is 4.44. The molecule has 0 spiro atoms. The molecule has 0 radical (unpaired) electrons. The Hall–Kier alpha value is -2.94. The largest absolute Gasteiger partial charge is 0.374 e. The van der Waals surface area contributed by atoms with Gasteiger partial charge in [-0.15, -0.1) is 0 Å². The Bertz CT molecular complexity index is 880. The van der Waals surface area contributed by atoms with Crippen LogP contribution in [0.5, 0.6) is 0 Å². The van der Waals surface area contributed by atoms with Crippen molar-refractivity contribution < 1.29 is 5.11 Å². The molecular weight excluding hydrogens is 342 g/mol. The molecule has 2 heteroatoms. The van der Waals surface area contributed by atoms with Gasteiger partial charge in [0.2, 0.25) is 0 Å². The van der Waals surface area contributed by atoms with E-state index in [9.17, 15) is 5.11 Å². The van der Waals surface area contributed by atoms with Gasteiger partial charge in [-0.1, -0.05) is 109 Å². The fraction of sp³-hybridized carbons (Fsp3) is 0.154. The molecular formula is C26H25NO. The summed E-state index contributed by atoms with van der Waals surface area (Å²) in [5, 5.41) is 11.3. The second-order valence-corrected chi connectivity index (χ2v) is 7.25. The summed E-state index contributed by atoms with van der Waals surface area (Å²) in [7, 11) is 0. The van der Waals surface area contributed by atoms with Crippen molar-refractivity contribution in [2.45, 2.75) is 18.7 Å². The van der Waals surface area contributed by atoms with Crippen LogP contribution in [-0.2, 0) is 5.54 Å². The summed E-state index contributed by atoms with van der Waals surface area (Å²) < 4.78 is 0. The monoisotopic (exact) mass is 367 g/mol. The molecule has 3 aromatic carbocycles. The molecule has 1 atom stereocenters. The maximum absolute atomic E-state index is 11.3. The predicted molar refractivity (Wildman–Crippen MR) is 115 cm³/mol. The molecule has 0 saturated heterocycles. The van der Waals surface area contributed by atoms with Crippen molar-refractivity contribution in [3.8, 4) is 0 Å². The van der Waals surface area contributed by atoms with E-state index in [0.717, 1.165) is 27.8 Å². The second-order valence-electron chi connectivity index (χ2n) is 7.25. The van der Waals surface area contributed by atoms with Crippen LogP contribution in [0.15, 0.2) is 115 Å². The molecule has 1 N–H and O–H groups in total. The van der Waals surface area contributed by atoms with E-state index in [0.29, 0.717) is 6.54 Å². The Labute approximate surface area is 167 Å². The fourth-order valence-electron chi connectivity index (χ4n) is 4.44. The maximum Gasteiger partial charge on any atom is 0.135 e. The van der Waals surface area contributed by atoms with Crippen molar-refractivity contribution in [1.82, 2.24) is 4.90 Å². The third-order valence-corrected chi connectivity index (χ3v) is 5.70. The summed E-state index contributed by atoms with van der Waals surface area (Å²) in [6, 6.07) is 31.3. The van der Waals surface area contributed by atoms with Gasteiger partial charge in [0, 0.05) is 6.54 Å². The first kappa shape index (κ1) is 18.4. The Morgan fingerprint density at radius 3 is 1.54 bits per heavy atom. The van der Waals surface area contributed by atoms with Crippen molar-refractivity contribution in [2.24, 2.45) is 0 Å². The predicted octanol–water partition coefficient (Wildman–Crippen LogP) is 5.12. The molecule has 0 fully saturated rings. The Morgan fingerprint density at radius 2 is 1.21 bits per heavy atom. The second kappa shape index (κ2) is 7.59. The summed E-state index contributed by atoms with van der Waals surface area (Å²) >= 11 is 0. The molecule has 1 unspecified atom stereocenters. The van der Waals surface area contributed by atoms with Gasteiger partial charge < -0.3 is 5.11 Å². The van der Waals surface area contributed by atoms with Gasteiger partial charge in [-0.25, -0.2) is 0 Å². The van der Waals surface area contributed by atoms with Gasteiger partial charge in [-0.2, -0.15) is 0 Å². The van der Waals surface area contributed by atoms with Crippen LogP contribution in [0.25, 0.3) is 0 Å². The minimum Gasteiger partial charge on any atom is -0.374 e. The molecule has 0 aliphatic carbocycles. The van der Waals surface area contributed by atoms with Gasteiger partial charge in [0.1, 0.15) is 6.23 Å². The first-order chi connectivity index (χ1) is 13.7. The Balaban J connectivity index is 2.05. The summed E-state index contributed by atoms with van der Waals surface area (Å²) in [5.41, 5.74) is 4.82. The van der Waals surface area contributed by atoms with Crippen LogP contribution in [0.3, 0.4) is 0 Å². The lowest BCUT2D eigenvalue weighted by Gasteiger charge is -2.45. The highest BCUT2D eigenvalue weighted by atomic mass is 16.3. The van der Waals surface area contributed by atoms with E-state index in [1.807, 2.05) is 18.2 Å². The lowest BCUT2D eigenvalue weighted by atomic mass is 9.75. The van der Waals surface area contributed by atoms with Crippen molar-refractivity contribution in [3.63, 3.8) is 0 Å². The zero-order valence-electron chi connectivity index (χ0n) is 16.1. The number of aliphatic hydroxyl groups is 1. The topological polar surface area (TPSA) is 23.5 Å². The van der Waals surface area contributed by atoms with Crippen LogP contribution in [-0.4, -0.2) is 22.8 Å². The number of rotatable bonds is 5. The van der Waals surface area contributed by atoms with Gasteiger partial charge in [-0.05, 0) is 29.2 Å². The van der Waals surface area contributed by atoms with E-state index >= 15 is 0 Å². The van der Waals surface area contributed by atoms with E-state index in [4.69, 9.17) is 0 Å². The van der Waals surface area contributed by atoms with Gasteiger partial charge in [-0.3, -0.25) is 4.90 Å². The normalized spacial score (nSPS) is 17.7. The SMILES string of the molecule is C=CC1=C(C)CN(C(c2ccccc2)(c2ccccc2)c2ccccc2)C1O. The zero-order chi connectivity index (χ0) is 19.6. The standard InChI is InChI=1S/C26H25NO/c1-3-24-20(2)19-27(25(24)28)26(21-13-7-4-8-14-21,22-15-9-5-10-16-22)23-17-11-6-12-18-23/h3-18,25,28H,1,19H2,2H3. The number of benzene rings is 3. The molecule has 140 valence electrons. The minimum atomic E-state index is -0.724. The van der Waals surface area contributed by atoms with E-state index in [2.05, 4.69) is 91.2 Å². The van der Waals surface area contributed by atoms with E-state index < -0.39 is 11.8 Å². The van der Waals surface area contributed by atoms with Gasteiger partial charge in [0.25, 0.3) is 0 Å². The third kappa shape index (κ3) is 2.82. The molecule has 0 amide bonds. The Kier molecular flexibility index (Phi) is 4.99. The number of nitrogens with zero attached hydrogens (tertiary/aromatic N) is 1.